The van der Waals surface area contributed by atoms with Crippen molar-refractivity contribution in [3.63, 3.8) is 0 Å². The first-order chi connectivity index (χ1) is 6.61. The van der Waals surface area contributed by atoms with E-state index in [1.807, 2.05) is 6.92 Å². The smallest absolute Gasteiger partial charge is 0.168 e. The number of nitrogens with zero attached hydrogens (tertiary/aromatic N) is 1. The molecule has 2 rings (SSSR count). The Morgan fingerprint density at radius 2 is 2.00 bits per heavy atom. The fourth-order valence-electron chi connectivity index (χ4n) is 1.27. The molecule has 0 saturated carbocycles. The van der Waals surface area contributed by atoms with Gasteiger partial charge >= 0.3 is 0 Å². The van der Waals surface area contributed by atoms with Gasteiger partial charge in [-0.2, -0.15) is 0 Å². The summed E-state index contributed by atoms with van der Waals surface area (Å²) in [5, 5.41) is 1.17. The number of pyridine rings is 1. The molecule has 0 fully saturated rings. The van der Waals surface area contributed by atoms with Crippen LogP contribution in [0.3, 0.4) is 0 Å². The Hall–Kier alpha value is -0.860. The minimum atomic E-state index is -0.522. The van der Waals surface area contributed by atoms with Crippen LogP contribution in [0.25, 0.3) is 10.9 Å². The van der Waals surface area contributed by atoms with Crippen molar-refractivity contribution < 1.29 is 4.39 Å². The molecule has 1 heterocycles. The lowest BCUT2D eigenvalue weighted by Crippen LogP contribution is -1.88. The molecule has 1 aromatic carbocycles. The molecule has 0 spiro atoms. The lowest BCUT2D eigenvalue weighted by molar-refractivity contribution is 0.637. The van der Waals surface area contributed by atoms with Gasteiger partial charge in [0.15, 0.2) is 5.82 Å². The lowest BCUT2D eigenvalue weighted by Gasteiger charge is -2.04. The van der Waals surface area contributed by atoms with Crippen molar-refractivity contribution >= 4 is 34.1 Å². The molecule has 2 aromatic rings. The zero-order chi connectivity index (χ0) is 10.3. The summed E-state index contributed by atoms with van der Waals surface area (Å²) >= 11 is 11.6. The molecule has 72 valence electrons. The number of hydrogen-bond acceptors (Lipinski definition) is 1. The maximum Gasteiger partial charge on any atom is 0.168 e. The van der Waals surface area contributed by atoms with Crippen molar-refractivity contribution in [2.45, 2.75) is 6.92 Å². The van der Waals surface area contributed by atoms with Crippen LogP contribution in [-0.4, -0.2) is 4.98 Å². The maximum absolute atomic E-state index is 13.5. The highest BCUT2D eigenvalue weighted by Crippen LogP contribution is 2.29. The number of benzene rings is 1. The Labute approximate surface area is 90.5 Å². The van der Waals surface area contributed by atoms with E-state index in [1.54, 1.807) is 6.07 Å². The molecule has 4 heteroatoms. The summed E-state index contributed by atoms with van der Waals surface area (Å²) in [6.45, 7) is 1.82. The molecule has 0 unspecified atom stereocenters. The van der Waals surface area contributed by atoms with Gasteiger partial charge in [0, 0.05) is 11.6 Å². The van der Waals surface area contributed by atoms with E-state index in [9.17, 15) is 4.39 Å². The average Bonchev–Trinajstić information content (AvgIpc) is 2.17. The SMILES string of the molecule is Cc1cnc2c(F)c(Cl)ccc2c1Cl. The minimum absolute atomic E-state index is 0.0601. The Kier molecular flexibility index (Phi) is 2.33. The zero-order valence-electron chi connectivity index (χ0n) is 7.31. The van der Waals surface area contributed by atoms with E-state index in [1.165, 1.54) is 12.3 Å². The third kappa shape index (κ3) is 1.35. The van der Waals surface area contributed by atoms with E-state index in [4.69, 9.17) is 23.2 Å². The van der Waals surface area contributed by atoms with Gasteiger partial charge < -0.3 is 0 Å². The zero-order valence-corrected chi connectivity index (χ0v) is 8.83. The van der Waals surface area contributed by atoms with Crippen LogP contribution in [0.15, 0.2) is 18.3 Å². The van der Waals surface area contributed by atoms with Gasteiger partial charge in [-0.05, 0) is 24.6 Å². The van der Waals surface area contributed by atoms with Crippen LogP contribution in [0, 0.1) is 12.7 Å². The van der Waals surface area contributed by atoms with Crippen molar-refractivity contribution in [2.24, 2.45) is 0 Å². The maximum atomic E-state index is 13.5. The predicted molar refractivity (Wildman–Crippen MR) is 56.5 cm³/mol. The van der Waals surface area contributed by atoms with Crippen molar-refractivity contribution in [3.05, 3.63) is 39.8 Å². The average molecular weight is 230 g/mol. The summed E-state index contributed by atoms with van der Waals surface area (Å²) in [5.74, 6) is -0.522. The highest BCUT2D eigenvalue weighted by molar-refractivity contribution is 6.36. The summed E-state index contributed by atoms with van der Waals surface area (Å²) in [7, 11) is 0. The van der Waals surface area contributed by atoms with Crippen LogP contribution >= 0.6 is 23.2 Å². The molecule has 14 heavy (non-hydrogen) atoms. The van der Waals surface area contributed by atoms with Crippen LogP contribution < -0.4 is 0 Å². The van der Waals surface area contributed by atoms with Gasteiger partial charge in [-0.3, -0.25) is 4.98 Å². The van der Waals surface area contributed by atoms with Crippen molar-refractivity contribution in [2.75, 3.05) is 0 Å². The molecule has 0 amide bonds. The topological polar surface area (TPSA) is 12.9 Å². The van der Waals surface area contributed by atoms with Crippen LogP contribution in [0.2, 0.25) is 10.0 Å². The standard InChI is InChI=1S/C10H6Cl2FN/c1-5-4-14-10-6(8(5)12)2-3-7(11)9(10)13/h2-4H,1H3. The van der Waals surface area contributed by atoms with Gasteiger partial charge in [-0.1, -0.05) is 23.2 Å². The van der Waals surface area contributed by atoms with Gasteiger partial charge in [0.2, 0.25) is 0 Å². The van der Waals surface area contributed by atoms with E-state index in [0.29, 0.717) is 10.4 Å². The number of fused-ring (bicyclic) bond motifs is 1. The number of halogens is 3. The number of aromatic nitrogens is 1. The molecule has 0 saturated heterocycles. The molecule has 0 atom stereocenters. The van der Waals surface area contributed by atoms with Crippen molar-refractivity contribution in [1.29, 1.82) is 0 Å². The van der Waals surface area contributed by atoms with Gasteiger partial charge in [0.25, 0.3) is 0 Å². The van der Waals surface area contributed by atoms with Gasteiger partial charge in [0.05, 0.1) is 10.0 Å². The largest absolute Gasteiger partial charge is 0.253 e. The second-order valence-corrected chi connectivity index (χ2v) is 3.80. The Morgan fingerprint density at radius 3 is 2.71 bits per heavy atom. The van der Waals surface area contributed by atoms with Crippen molar-refractivity contribution in [1.82, 2.24) is 4.98 Å². The molecule has 0 aliphatic heterocycles. The molecular formula is C10H6Cl2FN. The lowest BCUT2D eigenvalue weighted by atomic mass is 10.1. The highest BCUT2D eigenvalue weighted by Gasteiger charge is 2.10. The summed E-state index contributed by atoms with van der Waals surface area (Å²) in [5.41, 5.74) is 1.04. The first-order valence-corrected chi connectivity index (χ1v) is 4.75. The molecular weight excluding hydrogens is 224 g/mol. The van der Waals surface area contributed by atoms with Crippen LogP contribution in [0.5, 0.6) is 0 Å². The molecule has 0 radical (unpaired) electrons. The summed E-state index contributed by atoms with van der Waals surface area (Å²) in [6, 6.07) is 3.15. The van der Waals surface area contributed by atoms with E-state index in [-0.39, 0.29) is 10.5 Å². The predicted octanol–water partition coefficient (Wildman–Crippen LogP) is 3.99. The monoisotopic (exact) mass is 229 g/mol. The molecule has 0 bridgehead atoms. The fraction of sp³-hybridized carbons (Fsp3) is 0.100. The van der Waals surface area contributed by atoms with Crippen LogP contribution in [-0.2, 0) is 0 Å². The Bertz CT molecular complexity index is 464. The van der Waals surface area contributed by atoms with Crippen LogP contribution in [0.1, 0.15) is 5.56 Å². The normalized spacial score (nSPS) is 10.9. The number of hydrogen-bond donors (Lipinski definition) is 0. The molecule has 0 aliphatic rings. The minimum Gasteiger partial charge on any atom is -0.253 e. The van der Waals surface area contributed by atoms with Crippen molar-refractivity contribution in [3.8, 4) is 0 Å². The first kappa shape index (κ1) is 9.69. The Balaban J connectivity index is 2.94. The second kappa shape index (κ2) is 3.37. The quantitative estimate of drug-likeness (QED) is 0.666. The molecule has 1 aromatic heterocycles. The summed E-state index contributed by atoms with van der Waals surface area (Å²) in [4.78, 5) is 3.96. The first-order valence-electron chi connectivity index (χ1n) is 4.00. The van der Waals surface area contributed by atoms with E-state index < -0.39 is 5.82 Å². The fourth-order valence-corrected chi connectivity index (χ4v) is 1.63. The van der Waals surface area contributed by atoms with Gasteiger partial charge in [-0.15, -0.1) is 0 Å². The molecule has 0 aliphatic carbocycles. The molecule has 0 N–H and O–H groups in total. The van der Waals surface area contributed by atoms with Crippen LogP contribution in [0.4, 0.5) is 4.39 Å². The number of aryl methyl sites for hydroxylation is 1. The molecule has 1 nitrogen and oxygen atoms in total. The third-order valence-electron chi connectivity index (χ3n) is 2.04. The summed E-state index contributed by atoms with van der Waals surface area (Å²) < 4.78 is 13.5. The van der Waals surface area contributed by atoms with Gasteiger partial charge in [-0.25, -0.2) is 4.39 Å². The number of rotatable bonds is 0. The van der Waals surface area contributed by atoms with E-state index in [0.717, 1.165) is 5.56 Å². The second-order valence-electron chi connectivity index (χ2n) is 3.01. The Morgan fingerprint density at radius 1 is 1.29 bits per heavy atom. The van der Waals surface area contributed by atoms with Gasteiger partial charge in [0.1, 0.15) is 5.52 Å². The summed E-state index contributed by atoms with van der Waals surface area (Å²) in [6.07, 6.45) is 1.53. The van der Waals surface area contributed by atoms with E-state index >= 15 is 0 Å². The third-order valence-corrected chi connectivity index (χ3v) is 2.83. The highest BCUT2D eigenvalue weighted by atomic mass is 35.5. The van der Waals surface area contributed by atoms with E-state index in [2.05, 4.69) is 4.98 Å².